The first-order valence-corrected chi connectivity index (χ1v) is 7.65. The van der Waals surface area contributed by atoms with Gasteiger partial charge in [-0.3, -0.25) is 9.69 Å². The summed E-state index contributed by atoms with van der Waals surface area (Å²) in [5, 5.41) is 9.54. The van der Waals surface area contributed by atoms with Gasteiger partial charge >= 0.3 is 0 Å². The Morgan fingerprint density at radius 3 is 2.79 bits per heavy atom. The summed E-state index contributed by atoms with van der Waals surface area (Å²) in [5.74, 6) is 0.241. The second kappa shape index (κ2) is 5.63. The fraction of sp³-hybridized carbons (Fsp3) is 0.800. The van der Waals surface area contributed by atoms with Crippen LogP contribution in [0.25, 0.3) is 0 Å². The van der Waals surface area contributed by atoms with Crippen molar-refractivity contribution in [2.45, 2.75) is 57.1 Å². The lowest BCUT2D eigenvalue weighted by Crippen LogP contribution is -2.41. The van der Waals surface area contributed by atoms with Crippen LogP contribution in [0, 0.1) is 0 Å². The molecular weight excluding hydrogens is 240 g/mol. The van der Waals surface area contributed by atoms with E-state index in [0.29, 0.717) is 19.1 Å². The molecule has 2 aliphatic carbocycles. The Kier molecular flexibility index (Phi) is 3.89. The van der Waals surface area contributed by atoms with Gasteiger partial charge in [0.25, 0.3) is 0 Å². The monoisotopic (exact) mass is 264 g/mol. The highest BCUT2D eigenvalue weighted by Crippen LogP contribution is 2.33. The molecule has 0 aromatic heterocycles. The molecule has 4 nitrogen and oxygen atoms in total. The number of aliphatic hydroxyl groups excluding tert-OH is 1. The molecule has 1 N–H and O–H groups in total. The molecular formula is C15H24N2O2. The number of nitrogens with zero attached hydrogens (tertiary/aromatic N) is 2. The van der Waals surface area contributed by atoms with Crippen molar-refractivity contribution in [1.82, 2.24) is 9.80 Å². The average molecular weight is 264 g/mol. The van der Waals surface area contributed by atoms with Crippen molar-refractivity contribution in [3.8, 4) is 0 Å². The van der Waals surface area contributed by atoms with E-state index in [9.17, 15) is 9.90 Å². The summed E-state index contributed by atoms with van der Waals surface area (Å²) in [6, 6.07) is 0.462. The van der Waals surface area contributed by atoms with Crippen molar-refractivity contribution in [3.63, 3.8) is 0 Å². The molecule has 1 unspecified atom stereocenters. The maximum Gasteiger partial charge on any atom is 0.241 e. The standard InChI is InChI=1S/C15H24N2O2/c18-14-8-9-16(10-14)11-15(19)17(13-6-7-13)12-4-2-1-3-5-12/h4,13-14,18H,1-3,5-11H2. The van der Waals surface area contributed by atoms with Gasteiger partial charge < -0.3 is 10.0 Å². The third-order valence-electron chi connectivity index (χ3n) is 4.36. The van der Waals surface area contributed by atoms with Gasteiger partial charge in [0.05, 0.1) is 12.6 Å². The lowest BCUT2D eigenvalue weighted by molar-refractivity contribution is -0.131. The van der Waals surface area contributed by atoms with Gasteiger partial charge in [-0.1, -0.05) is 6.08 Å². The molecule has 2 fully saturated rings. The van der Waals surface area contributed by atoms with Crippen LogP contribution in [0.3, 0.4) is 0 Å². The summed E-state index contributed by atoms with van der Waals surface area (Å²) in [7, 11) is 0. The minimum Gasteiger partial charge on any atom is -0.392 e. The molecule has 0 bridgehead atoms. The molecule has 1 amide bonds. The second-order valence-electron chi connectivity index (χ2n) is 6.11. The van der Waals surface area contributed by atoms with Crippen molar-refractivity contribution >= 4 is 5.91 Å². The highest BCUT2D eigenvalue weighted by atomic mass is 16.3. The van der Waals surface area contributed by atoms with E-state index in [2.05, 4.69) is 15.9 Å². The number of amides is 1. The molecule has 0 spiro atoms. The normalized spacial score (nSPS) is 28.3. The highest BCUT2D eigenvalue weighted by Gasteiger charge is 2.36. The Morgan fingerprint density at radius 1 is 1.37 bits per heavy atom. The van der Waals surface area contributed by atoms with Crippen LogP contribution < -0.4 is 0 Å². The number of hydrogen-bond donors (Lipinski definition) is 1. The molecule has 0 aromatic rings. The van der Waals surface area contributed by atoms with E-state index in [1.54, 1.807) is 0 Å². The van der Waals surface area contributed by atoms with Crippen LogP contribution in [-0.2, 0) is 4.79 Å². The van der Waals surface area contributed by atoms with Gasteiger partial charge in [-0.15, -0.1) is 0 Å². The highest BCUT2D eigenvalue weighted by molar-refractivity contribution is 5.81. The summed E-state index contributed by atoms with van der Waals surface area (Å²) in [5.41, 5.74) is 1.26. The van der Waals surface area contributed by atoms with Crippen molar-refractivity contribution in [3.05, 3.63) is 11.8 Å². The van der Waals surface area contributed by atoms with Crippen LogP contribution in [0.5, 0.6) is 0 Å². The summed E-state index contributed by atoms with van der Waals surface area (Å²) in [6.45, 7) is 1.98. The first-order valence-electron chi connectivity index (χ1n) is 7.65. The maximum atomic E-state index is 12.5. The van der Waals surface area contributed by atoms with Crippen molar-refractivity contribution in [2.24, 2.45) is 0 Å². The zero-order valence-electron chi connectivity index (χ0n) is 11.6. The van der Waals surface area contributed by atoms with Crippen LogP contribution in [-0.4, -0.2) is 52.6 Å². The number of rotatable bonds is 4. The number of likely N-dealkylation sites (tertiary alicyclic amines) is 1. The van der Waals surface area contributed by atoms with Crippen molar-refractivity contribution in [2.75, 3.05) is 19.6 Å². The summed E-state index contributed by atoms with van der Waals surface area (Å²) < 4.78 is 0. The smallest absolute Gasteiger partial charge is 0.241 e. The van der Waals surface area contributed by atoms with Crippen LogP contribution >= 0.6 is 0 Å². The van der Waals surface area contributed by atoms with E-state index in [1.807, 2.05) is 0 Å². The van der Waals surface area contributed by atoms with Gasteiger partial charge in [-0.05, 0) is 44.9 Å². The number of aliphatic hydroxyl groups is 1. The predicted octanol–water partition coefficient (Wildman–Crippen LogP) is 1.50. The molecule has 1 saturated carbocycles. The first kappa shape index (κ1) is 13.1. The number of carbonyl (C=O) groups is 1. The summed E-state index contributed by atoms with van der Waals surface area (Å²) in [4.78, 5) is 16.7. The van der Waals surface area contributed by atoms with Gasteiger partial charge in [0.2, 0.25) is 5.91 Å². The quantitative estimate of drug-likeness (QED) is 0.837. The number of hydrogen-bond acceptors (Lipinski definition) is 3. The summed E-state index contributed by atoms with van der Waals surface area (Å²) >= 11 is 0. The number of carbonyl (C=O) groups excluding carboxylic acids is 1. The molecule has 1 saturated heterocycles. The van der Waals surface area contributed by atoms with Crippen molar-refractivity contribution in [1.29, 1.82) is 0 Å². The molecule has 3 rings (SSSR count). The van der Waals surface area contributed by atoms with Gasteiger partial charge in [0.15, 0.2) is 0 Å². The van der Waals surface area contributed by atoms with Gasteiger partial charge in [-0.25, -0.2) is 0 Å². The third-order valence-corrected chi connectivity index (χ3v) is 4.36. The van der Waals surface area contributed by atoms with E-state index >= 15 is 0 Å². The Bertz CT molecular complexity index is 376. The van der Waals surface area contributed by atoms with E-state index in [4.69, 9.17) is 0 Å². The molecule has 1 heterocycles. The number of allylic oxidation sites excluding steroid dienone is 2. The topological polar surface area (TPSA) is 43.8 Å². The van der Waals surface area contributed by atoms with E-state index < -0.39 is 0 Å². The van der Waals surface area contributed by atoms with E-state index in [0.717, 1.165) is 38.6 Å². The second-order valence-corrected chi connectivity index (χ2v) is 6.11. The van der Waals surface area contributed by atoms with Crippen LogP contribution in [0.15, 0.2) is 11.8 Å². The van der Waals surface area contributed by atoms with Gasteiger partial charge in [-0.2, -0.15) is 0 Å². The molecule has 0 aromatic carbocycles. The zero-order valence-corrected chi connectivity index (χ0v) is 11.6. The van der Waals surface area contributed by atoms with Crippen LogP contribution in [0.2, 0.25) is 0 Å². The molecule has 1 atom stereocenters. The fourth-order valence-electron chi connectivity index (χ4n) is 3.19. The Hall–Kier alpha value is -0.870. The van der Waals surface area contributed by atoms with Gasteiger partial charge in [0.1, 0.15) is 0 Å². The lowest BCUT2D eigenvalue weighted by Gasteiger charge is -2.29. The first-order chi connectivity index (χ1) is 9.24. The molecule has 106 valence electrons. The minimum absolute atomic E-state index is 0.240. The summed E-state index contributed by atoms with van der Waals surface area (Å²) in [6.07, 6.45) is 9.80. The molecule has 1 aliphatic heterocycles. The Balaban J connectivity index is 1.63. The molecule has 4 heteroatoms. The SMILES string of the molecule is O=C(CN1CCC(O)C1)N(C1=CCCCC1)C1CC1. The number of β-amino-alcohol motifs (C(OH)–C–C–N with tert-alkyl or cyclic N) is 1. The van der Waals surface area contributed by atoms with E-state index in [1.165, 1.54) is 18.5 Å². The van der Waals surface area contributed by atoms with Crippen LogP contribution in [0.1, 0.15) is 44.9 Å². The lowest BCUT2D eigenvalue weighted by atomic mass is 10.0. The van der Waals surface area contributed by atoms with Crippen LogP contribution in [0.4, 0.5) is 0 Å². The minimum atomic E-state index is -0.240. The Labute approximate surface area is 115 Å². The molecule has 0 radical (unpaired) electrons. The fourth-order valence-corrected chi connectivity index (χ4v) is 3.19. The van der Waals surface area contributed by atoms with Crippen molar-refractivity contribution < 1.29 is 9.90 Å². The average Bonchev–Trinajstić information content (AvgIpc) is 3.14. The molecule has 19 heavy (non-hydrogen) atoms. The third kappa shape index (κ3) is 3.18. The van der Waals surface area contributed by atoms with E-state index in [-0.39, 0.29) is 12.0 Å². The molecule has 3 aliphatic rings. The predicted molar refractivity (Wildman–Crippen MR) is 73.5 cm³/mol. The maximum absolute atomic E-state index is 12.5. The Morgan fingerprint density at radius 2 is 2.21 bits per heavy atom. The van der Waals surface area contributed by atoms with Gasteiger partial charge in [0, 0.05) is 24.8 Å². The zero-order chi connectivity index (χ0) is 13.2. The largest absolute Gasteiger partial charge is 0.392 e.